The zero-order valence-electron chi connectivity index (χ0n) is 43.0. The highest BCUT2D eigenvalue weighted by atomic mass is 16.5. The Morgan fingerprint density at radius 3 is 1.21 bits per heavy atom. The Morgan fingerprint density at radius 2 is 0.909 bits per heavy atom. The van der Waals surface area contributed by atoms with E-state index < -0.39 is 46.8 Å². The van der Waals surface area contributed by atoms with E-state index >= 15 is 0 Å². The number of methoxy groups -OCH3 is 2. The van der Waals surface area contributed by atoms with Gasteiger partial charge in [0, 0.05) is 14.2 Å². The molecule has 6 aliphatic carbocycles. The van der Waals surface area contributed by atoms with Gasteiger partial charge in [-0.05, 0) is 177 Å². The molecular weight excluding hydrogens is 833 g/mol. The molecule has 12 atom stereocenters. The van der Waals surface area contributed by atoms with Crippen LogP contribution in [0.1, 0.15) is 184 Å². The highest BCUT2D eigenvalue weighted by Crippen LogP contribution is 2.61. The lowest BCUT2D eigenvalue weighted by molar-refractivity contribution is -0.181. The number of aliphatic hydroxyl groups is 8. The molecule has 0 bridgehead atoms. The molecule has 6 unspecified atom stereocenters. The second-order valence-electron chi connectivity index (χ2n) is 24.4. The molecule has 6 aliphatic rings. The Bertz CT molecular complexity index is 1530. The molecule has 0 radical (unpaired) electrons. The average molecular weight is 929 g/mol. The van der Waals surface area contributed by atoms with Gasteiger partial charge < -0.3 is 50.3 Å². The smallest absolute Gasteiger partial charge is 0.140 e. The van der Waals surface area contributed by atoms with Gasteiger partial charge in [-0.15, -0.1) is 0 Å². The molecule has 0 aromatic heterocycles. The first-order valence-corrected chi connectivity index (χ1v) is 26.2. The summed E-state index contributed by atoms with van der Waals surface area (Å²) >= 11 is 0. The third-order valence-corrected chi connectivity index (χ3v) is 18.3. The van der Waals surface area contributed by atoms with Gasteiger partial charge in [0.1, 0.15) is 11.2 Å². The summed E-state index contributed by atoms with van der Waals surface area (Å²) in [5.41, 5.74) is 1.35. The van der Waals surface area contributed by atoms with Crippen LogP contribution >= 0.6 is 0 Å². The Hall–Kier alpha value is -1.44. The van der Waals surface area contributed by atoms with Crippen LogP contribution in [0.4, 0.5) is 0 Å². The summed E-state index contributed by atoms with van der Waals surface area (Å²) in [6, 6.07) is 0. The summed E-state index contributed by atoms with van der Waals surface area (Å²) in [5.74, 6) is 4.00. The van der Waals surface area contributed by atoms with Crippen molar-refractivity contribution in [3.63, 3.8) is 0 Å². The molecule has 380 valence electrons. The fourth-order valence-corrected chi connectivity index (χ4v) is 14.4. The second kappa shape index (κ2) is 22.8. The van der Waals surface area contributed by atoms with Crippen LogP contribution in [0.5, 0.6) is 0 Å². The fourth-order valence-electron chi connectivity index (χ4n) is 14.4. The van der Waals surface area contributed by atoms with E-state index in [4.69, 9.17) is 9.47 Å². The molecule has 0 amide bonds. The molecule has 6 rings (SSSR count). The van der Waals surface area contributed by atoms with Gasteiger partial charge in [-0.25, -0.2) is 0 Å². The molecule has 66 heavy (non-hydrogen) atoms. The zero-order chi connectivity index (χ0) is 48.9. The van der Waals surface area contributed by atoms with E-state index in [9.17, 15) is 40.9 Å². The Morgan fingerprint density at radius 1 is 0.576 bits per heavy atom. The summed E-state index contributed by atoms with van der Waals surface area (Å²) in [7, 11) is 2.94. The van der Waals surface area contributed by atoms with E-state index in [0.717, 1.165) is 61.5 Å². The first-order valence-electron chi connectivity index (χ1n) is 26.2. The van der Waals surface area contributed by atoms with Crippen LogP contribution in [0.2, 0.25) is 0 Å². The fraction of sp³-hybridized carbons (Fsp3) is 0.857. The molecule has 0 aromatic carbocycles. The SMILES string of the molecule is COCC1(O)[C@H](O)CC(=C/C=C2\CCCC3(C)C2CCC3[C@@H](C)CCCC(C)(C)O)C[C@H]1O.COCC1(O)[C@H](O)CC(=C/C=C2\CCCC3(C)C2CCC3[C@@H](C)CCCC(C)(C)O)C[C@H]1O. The van der Waals surface area contributed by atoms with E-state index in [1.807, 2.05) is 27.7 Å². The van der Waals surface area contributed by atoms with Gasteiger partial charge in [0.15, 0.2) is 0 Å². The number of aliphatic hydroxyl groups excluding tert-OH is 4. The van der Waals surface area contributed by atoms with E-state index in [0.29, 0.717) is 60.2 Å². The number of ether oxygens (including phenoxy) is 2. The predicted molar refractivity (Wildman–Crippen MR) is 263 cm³/mol. The maximum Gasteiger partial charge on any atom is 0.140 e. The monoisotopic (exact) mass is 929 g/mol. The summed E-state index contributed by atoms with van der Waals surface area (Å²) in [6.07, 6.45) is 24.6. The second-order valence-corrected chi connectivity index (χ2v) is 24.4. The van der Waals surface area contributed by atoms with Crippen molar-refractivity contribution in [3.05, 3.63) is 46.6 Å². The summed E-state index contributed by atoms with van der Waals surface area (Å²) in [6.45, 7) is 17.3. The Kier molecular flexibility index (Phi) is 19.1. The van der Waals surface area contributed by atoms with Gasteiger partial charge in [-0.1, -0.05) is 100.0 Å². The number of allylic oxidation sites excluding steroid dienone is 6. The molecule has 6 fully saturated rings. The average Bonchev–Trinajstić information content (AvgIpc) is 3.77. The summed E-state index contributed by atoms with van der Waals surface area (Å²) in [4.78, 5) is 0. The van der Waals surface area contributed by atoms with Crippen LogP contribution in [0.3, 0.4) is 0 Å². The Balaban J connectivity index is 0.000000247. The van der Waals surface area contributed by atoms with Crippen LogP contribution in [0.15, 0.2) is 46.6 Å². The normalized spacial score (nSPS) is 39.5. The van der Waals surface area contributed by atoms with Crippen molar-refractivity contribution in [3.8, 4) is 0 Å². The third kappa shape index (κ3) is 13.1. The molecule has 0 saturated heterocycles. The van der Waals surface area contributed by atoms with Gasteiger partial charge in [-0.2, -0.15) is 0 Å². The minimum atomic E-state index is -1.59. The van der Waals surface area contributed by atoms with Crippen LogP contribution in [-0.2, 0) is 9.47 Å². The largest absolute Gasteiger partial charge is 0.390 e. The van der Waals surface area contributed by atoms with Crippen molar-refractivity contribution in [2.75, 3.05) is 27.4 Å². The van der Waals surface area contributed by atoms with Gasteiger partial charge in [0.2, 0.25) is 0 Å². The molecule has 0 aromatic rings. The van der Waals surface area contributed by atoms with Crippen molar-refractivity contribution in [2.45, 2.75) is 231 Å². The maximum atomic E-state index is 10.6. The van der Waals surface area contributed by atoms with E-state index in [1.165, 1.54) is 89.6 Å². The number of hydrogen-bond acceptors (Lipinski definition) is 10. The standard InChI is InChI=1S/2C28H48O5/c2*1-19(8-6-14-26(2,3)31)22-12-13-23-21(9-7-15-27(22,23)4)11-10-20-16-24(29)28(32,18-33-5)25(30)17-20/h2*10-11,19,22-25,29-32H,6-9,12-18H2,1-5H3/b2*20-10?,21-11+/t2*19-,22?,23?,24+,25+,27?,28?/m00/s1. The molecule has 0 spiro atoms. The number of hydrogen-bond donors (Lipinski definition) is 8. The lowest BCUT2D eigenvalue weighted by Gasteiger charge is -2.44. The van der Waals surface area contributed by atoms with Crippen LogP contribution in [0.25, 0.3) is 0 Å². The highest BCUT2D eigenvalue weighted by molar-refractivity contribution is 5.29. The molecule has 0 aliphatic heterocycles. The van der Waals surface area contributed by atoms with Gasteiger partial charge in [0.25, 0.3) is 0 Å². The van der Waals surface area contributed by atoms with Crippen molar-refractivity contribution in [2.24, 2.45) is 46.3 Å². The van der Waals surface area contributed by atoms with Gasteiger partial charge >= 0.3 is 0 Å². The van der Waals surface area contributed by atoms with Crippen molar-refractivity contribution >= 4 is 0 Å². The van der Waals surface area contributed by atoms with E-state index in [1.54, 1.807) is 0 Å². The minimum Gasteiger partial charge on any atom is -0.390 e. The lowest BCUT2D eigenvalue weighted by atomic mass is 9.60. The maximum absolute atomic E-state index is 10.6. The quantitative estimate of drug-likeness (QED) is 0.0745. The van der Waals surface area contributed by atoms with Crippen LogP contribution in [0, 0.1) is 46.3 Å². The van der Waals surface area contributed by atoms with Crippen LogP contribution in [-0.4, -0.2) is 115 Å². The minimum absolute atomic E-state index is 0.0699. The van der Waals surface area contributed by atoms with Gasteiger partial charge in [-0.3, -0.25) is 0 Å². The zero-order valence-corrected chi connectivity index (χ0v) is 43.0. The third-order valence-electron chi connectivity index (χ3n) is 18.3. The molecule has 10 nitrogen and oxygen atoms in total. The first-order chi connectivity index (χ1) is 30.8. The summed E-state index contributed by atoms with van der Waals surface area (Å²) < 4.78 is 10.1. The van der Waals surface area contributed by atoms with E-state index in [-0.39, 0.29) is 13.2 Å². The number of rotatable bonds is 16. The van der Waals surface area contributed by atoms with Crippen LogP contribution < -0.4 is 0 Å². The van der Waals surface area contributed by atoms with Gasteiger partial charge in [0.05, 0.1) is 48.8 Å². The topological polar surface area (TPSA) is 180 Å². The molecule has 10 heteroatoms. The Labute approximate surface area is 400 Å². The molecule has 8 N–H and O–H groups in total. The first kappa shape index (κ1) is 55.5. The van der Waals surface area contributed by atoms with Crippen molar-refractivity contribution in [1.29, 1.82) is 0 Å². The predicted octanol–water partition coefficient (Wildman–Crippen LogP) is 9.05. The van der Waals surface area contributed by atoms with Crippen molar-refractivity contribution < 1.29 is 50.3 Å². The van der Waals surface area contributed by atoms with Crippen molar-refractivity contribution in [1.82, 2.24) is 0 Å². The highest BCUT2D eigenvalue weighted by Gasteiger charge is 2.53. The lowest BCUT2D eigenvalue weighted by Crippen LogP contribution is -2.58. The molecular formula is C56H96O10. The van der Waals surface area contributed by atoms with E-state index in [2.05, 4.69) is 52.0 Å². The molecule has 6 saturated carbocycles. The molecule has 0 heterocycles. The number of fused-ring (bicyclic) bond motifs is 2. The summed E-state index contributed by atoms with van der Waals surface area (Å²) in [5, 5.41) is 83.2.